The van der Waals surface area contributed by atoms with E-state index in [0.717, 1.165) is 12.2 Å². The molecule has 0 radical (unpaired) electrons. The Hall–Kier alpha value is -3.82. The van der Waals surface area contributed by atoms with Gasteiger partial charge in [-0.2, -0.15) is 0 Å². The van der Waals surface area contributed by atoms with Crippen molar-refractivity contribution in [2.75, 3.05) is 13.1 Å². The Morgan fingerprint density at radius 1 is 1.09 bits per heavy atom. The van der Waals surface area contributed by atoms with E-state index >= 15 is 0 Å². The van der Waals surface area contributed by atoms with E-state index in [1.165, 1.54) is 6.26 Å². The number of Topliss-reactive ketones (excluding diaryl/α,β-unsaturated/α-hetero) is 1. The second kappa shape index (κ2) is 9.44. The SMILES string of the molecule is CC(C)[C@@H](NC(=O)c1ccccn1)c1nnc2n1CCN(C(=O)c1coc3c1C(=O)CCC3)CC2. The van der Waals surface area contributed by atoms with Crippen molar-refractivity contribution in [3.63, 3.8) is 0 Å². The number of fused-ring (bicyclic) bond motifs is 2. The first-order chi connectivity index (χ1) is 16.9. The number of ketones is 1. The summed E-state index contributed by atoms with van der Waals surface area (Å²) in [5.74, 6) is 1.59. The van der Waals surface area contributed by atoms with E-state index in [-0.39, 0.29) is 29.6 Å². The average molecular weight is 477 g/mol. The van der Waals surface area contributed by atoms with Crippen LogP contribution in [-0.4, -0.2) is 55.3 Å². The van der Waals surface area contributed by atoms with Gasteiger partial charge in [0.2, 0.25) is 0 Å². The topological polar surface area (TPSA) is 123 Å². The van der Waals surface area contributed by atoms with Gasteiger partial charge in [-0.15, -0.1) is 10.2 Å². The Morgan fingerprint density at radius 3 is 2.71 bits per heavy atom. The molecule has 1 atom stereocenters. The lowest BCUT2D eigenvalue weighted by molar-refractivity contribution is 0.0752. The number of amides is 2. The number of rotatable bonds is 5. The van der Waals surface area contributed by atoms with Crippen LogP contribution >= 0.6 is 0 Å². The summed E-state index contributed by atoms with van der Waals surface area (Å²) in [6, 6.07) is 4.83. The summed E-state index contributed by atoms with van der Waals surface area (Å²) in [4.78, 5) is 44.4. The summed E-state index contributed by atoms with van der Waals surface area (Å²) in [7, 11) is 0. The fourth-order valence-corrected chi connectivity index (χ4v) is 4.77. The quantitative estimate of drug-likeness (QED) is 0.600. The van der Waals surface area contributed by atoms with Crippen LogP contribution in [0.25, 0.3) is 0 Å². The molecule has 2 aliphatic rings. The molecule has 1 N–H and O–H groups in total. The van der Waals surface area contributed by atoms with Crippen molar-refractivity contribution in [1.29, 1.82) is 0 Å². The van der Waals surface area contributed by atoms with Crippen molar-refractivity contribution in [2.45, 2.75) is 52.1 Å². The molecule has 0 saturated carbocycles. The van der Waals surface area contributed by atoms with Crippen LogP contribution in [0.5, 0.6) is 0 Å². The lowest BCUT2D eigenvalue weighted by Gasteiger charge is -2.23. The summed E-state index contributed by atoms with van der Waals surface area (Å²) in [5, 5.41) is 11.8. The van der Waals surface area contributed by atoms with Gasteiger partial charge in [-0.25, -0.2) is 0 Å². The molecule has 1 aliphatic carbocycles. The number of hydrogen-bond acceptors (Lipinski definition) is 7. The lowest BCUT2D eigenvalue weighted by atomic mass is 9.94. The van der Waals surface area contributed by atoms with Crippen LogP contribution in [0.15, 0.2) is 35.1 Å². The second-order valence-corrected chi connectivity index (χ2v) is 9.30. The fourth-order valence-electron chi connectivity index (χ4n) is 4.77. The minimum atomic E-state index is -0.369. The molecule has 2 amide bonds. The predicted molar refractivity (Wildman–Crippen MR) is 125 cm³/mol. The van der Waals surface area contributed by atoms with Gasteiger partial charge in [0.15, 0.2) is 11.6 Å². The van der Waals surface area contributed by atoms with Crippen LogP contribution < -0.4 is 5.32 Å². The Balaban J connectivity index is 1.34. The van der Waals surface area contributed by atoms with Gasteiger partial charge in [0, 0.05) is 45.1 Å². The van der Waals surface area contributed by atoms with Crippen molar-refractivity contribution in [3.05, 3.63) is 64.9 Å². The van der Waals surface area contributed by atoms with E-state index in [1.807, 2.05) is 18.4 Å². The zero-order valence-electron chi connectivity index (χ0n) is 19.9. The molecular weight excluding hydrogens is 448 g/mol. The Labute approximate surface area is 202 Å². The molecule has 10 heteroatoms. The highest BCUT2D eigenvalue weighted by Gasteiger charge is 2.32. The maximum Gasteiger partial charge on any atom is 0.270 e. The van der Waals surface area contributed by atoms with E-state index < -0.39 is 0 Å². The smallest absolute Gasteiger partial charge is 0.270 e. The van der Waals surface area contributed by atoms with E-state index in [1.54, 1.807) is 29.3 Å². The zero-order valence-corrected chi connectivity index (χ0v) is 19.9. The first kappa shape index (κ1) is 22.9. The number of aromatic nitrogens is 4. The summed E-state index contributed by atoms with van der Waals surface area (Å²) in [5.41, 5.74) is 1.14. The molecule has 0 fully saturated rings. The van der Waals surface area contributed by atoms with E-state index in [4.69, 9.17) is 4.42 Å². The van der Waals surface area contributed by atoms with Gasteiger partial charge in [-0.05, 0) is 24.5 Å². The zero-order chi connectivity index (χ0) is 24.5. The highest BCUT2D eigenvalue weighted by Crippen LogP contribution is 2.28. The van der Waals surface area contributed by atoms with Crippen molar-refractivity contribution < 1.29 is 18.8 Å². The number of furan rings is 1. The highest BCUT2D eigenvalue weighted by atomic mass is 16.3. The number of carbonyl (C=O) groups is 3. The first-order valence-corrected chi connectivity index (χ1v) is 12.0. The minimum Gasteiger partial charge on any atom is -0.468 e. The molecule has 1 aliphatic heterocycles. The van der Waals surface area contributed by atoms with Crippen molar-refractivity contribution in [3.8, 4) is 0 Å². The monoisotopic (exact) mass is 476 g/mol. The second-order valence-electron chi connectivity index (χ2n) is 9.30. The third kappa shape index (κ3) is 4.36. The van der Waals surface area contributed by atoms with Crippen molar-refractivity contribution in [1.82, 2.24) is 30.0 Å². The average Bonchev–Trinajstić information content (AvgIpc) is 3.41. The Bertz CT molecular complexity index is 1260. The van der Waals surface area contributed by atoms with Gasteiger partial charge in [0.25, 0.3) is 11.8 Å². The summed E-state index contributed by atoms with van der Waals surface area (Å²) in [6.45, 7) is 5.40. The number of carbonyl (C=O) groups excluding carboxylic acids is 3. The standard InChI is InChI=1S/C25H28N6O4/c1-15(2)22(27-24(33)17-6-3-4-10-26-17)23-29-28-20-9-11-30(12-13-31(20)23)25(34)16-14-35-19-8-5-7-18(32)21(16)19/h3-4,6,10,14-15,22H,5,7-9,11-13H2,1-2H3,(H,27,33)/t22-/m1/s1. The number of nitrogens with one attached hydrogen (secondary N) is 1. The third-order valence-electron chi connectivity index (χ3n) is 6.66. The first-order valence-electron chi connectivity index (χ1n) is 12.0. The van der Waals surface area contributed by atoms with E-state index in [9.17, 15) is 14.4 Å². The largest absolute Gasteiger partial charge is 0.468 e. The van der Waals surface area contributed by atoms with E-state index in [0.29, 0.717) is 67.3 Å². The molecule has 4 heterocycles. The molecule has 182 valence electrons. The molecule has 3 aromatic rings. The molecule has 3 aromatic heterocycles. The maximum atomic E-state index is 13.3. The van der Waals surface area contributed by atoms with Gasteiger partial charge in [-0.1, -0.05) is 19.9 Å². The normalized spacial score (nSPS) is 16.4. The van der Waals surface area contributed by atoms with Crippen molar-refractivity contribution in [2.24, 2.45) is 5.92 Å². The lowest BCUT2D eigenvalue weighted by Crippen LogP contribution is -2.36. The maximum absolute atomic E-state index is 13.3. The van der Waals surface area contributed by atoms with Crippen LogP contribution in [0.4, 0.5) is 0 Å². The Kier molecular flexibility index (Phi) is 6.19. The van der Waals surface area contributed by atoms with Gasteiger partial charge >= 0.3 is 0 Å². The third-order valence-corrected chi connectivity index (χ3v) is 6.66. The van der Waals surface area contributed by atoms with Crippen LogP contribution in [0.2, 0.25) is 0 Å². The molecule has 10 nitrogen and oxygen atoms in total. The summed E-state index contributed by atoms with van der Waals surface area (Å²) in [6.07, 6.45) is 5.40. The highest BCUT2D eigenvalue weighted by molar-refractivity contribution is 6.09. The molecule has 0 bridgehead atoms. The summed E-state index contributed by atoms with van der Waals surface area (Å²) < 4.78 is 7.55. The van der Waals surface area contributed by atoms with Gasteiger partial charge in [-0.3, -0.25) is 19.4 Å². The van der Waals surface area contributed by atoms with E-state index in [2.05, 4.69) is 20.5 Å². The van der Waals surface area contributed by atoms with Crippen molar-refractivity contribution >= 4 is 17.6 Å². The number of hydrogen-bond donors (Lipinski definition) is 1. The van der Waals surface area contributed by atoms with Gasteiger partial charge in [0.05, 0.1) is 17.2 Å². The van der Waals surface area contributed by atoms with Crippen LogP contribution in [0.1, 0.15) is 81.3 Å². The van der Waals surface area contributed by atoms with Crippen LogP contribution in [0, 0.1) is 5.92 Å². The van der Waals surface area contributed by atoms with Crippen LogP contribution in [0.3, 0.4) is 0 Å². The molecule has 0 spiro atoms. The number of aryl methyl sites for hydroxylation is 1. The molecule has 35 heavy (non-hydrogen) atoms. The molecule has 5 rings (SSSR count). The predicted octanol–water partition coefficient (Wildman–Crippen LogP) is 2.61. The summed E-state index contributed by atoms with van der Waals surface area (Å²) >= 11 is 0. The Morgan fingerprint density at radius 2 is 1.94 bits per heavy atom. The molecule has 0 aromatic carbocycles. The minimum absolute atomic E-state index is 0.0268. The number of pyridine rings is 1. The van der Waals surface area contributed by atoms with Gasteiger partial charge < -0.3 is 19.2 Å². The fraction of sp³-hybridized carbons (Fsp3) is 0.440. The molecule has 0 saturated heterocycles. The molecule has 0 unspecified atom stereocenters. The van der Waals surface area contributed by atoms with Crippen LogP contribution in [-0.2, 0) is 19.4 Å². The molecular formula is C25H28N6O4. The van der Waals surface area contributed by atoms with Gasteiger partial charge in [0.1, 0.15) is 23.5 Å². The number of nitrogens with zero attached hydrogens (tertiary/aromatic N) is 5.